The molecule has 1 saturated heterocycles. The molecular formula is C22H25N3O2. The predicted octanol–water partition coefficient (Wildman–Crippen LogP) is 3.54. The second-order valence-electron chi connectivity index (χ2n) is 6.83. The number of hydrogen-bond donors (Lipinski definition) is 0. The van der Waals surface area contributed by atoms with Crippen molar-refractivity contribution in [1.82, 2.24) is 9.47 Å². The minimum Gasteiger partial charge on any atom is -0.492 e. The molecule has 1 amide bonds. The van der Waals surface area contributed by atoms with E-state index in [1.54, 1.807) is 0 Å². The number of aromatic nitrogens is 1. The van der Waals surface area contributed by atoms with Crippen molar-refractivity contribution in [2.75, 3.05) is 37.7 Å². The molecule has 140 valence electrons. The van der Waals surface area contributed by atoms with E-state index in [0.717, 1.165) is 41.1 Å². The molecule has 1 aromatic heterocycles. The molecule has 0 bridgehead atoms. The highest BCUT2D eigenvalue weighted by Crippen LogP contribution is 2.29. The SMILES string of the molecule is CCOc1ccccc1N1CCN(C(=O)c2cc3ccccc3n2C)CC1. The zero-order valence-corrected chi connectivity index (χ0v) is 15.9. The summed E-state index contributed by atoms with van der Waals surface area (Å²) in [6.07, 6.45) is 0. The van der Waals surface area contributed by atoms with E-state index >= 15 is 0 Å². The van der Waals surface area contributed by atoms with E-state index in [0.29, 0.717) is 19.7 Å². The van der Waals surface area contributed by atoms with Crippen LogP contribution in [-0.2, 0) is 7.05 Å². The lowest BCUT2D eigenvalue weighted by atomic mass is 10.2. The average molecular weight is 363 g/mol. The number of para-hydroxylation sites is 3. The van der Waals surface area contributed by atoms with Crippen LogP contribution in [0.5, 0.6) is 5.75 Å². The van der Waals surface area contributed by atoms with Crippen molar-refractivity contribution >= 4 is 22.5 Å². The van der Waals surface area contributed by atoms with E-state index in [2.05, 4.69) is 23.1 Å². The number of anilines is 1. The molecule has 3 aromatic rings. The van der Waals surface area contributed by atoms with Crippen molar-refractivity contribution in [3.05, 3.63) is 60.3 Å². The van der Waals surface area contributed by atoms with Gasteiger partial charge in [-0.1, -0.05) is 30.3 Å². The van der Waals surface area contributed by atoms with Gasteiger partial charge in [-0.25, -0.2) is 0 Å². The van der Waals surface area contributed by atoms with Gasteiger partial charge in [0.1, 0.15) is 11.4 Å². The fourth-order valence-electron chi connectivity index (χ4n) is 3.80. The minimum absolute atomic E-state index is 0.103. The zero-order valence-electron chi connectivity index (χ0n) is 15.9. The summed E-state index contributed by atoms with van der Waals surface area (Å²) in [6, 6.07) is 18.2. The van der Waals surface area contributed by atoms with Gasteiger partial charge in [-0.05, 0) is 31.2 Å². The molecule has 2 aromatic carbocycles. The van der Waals surface area contributed by atoms with Gasteiger partial charge in [0.25, 0.3) is 5.91 Å². The summed E-state index contributed by atoms with van der Waals surface area (Å²) in [5.41, 5.74) is 2.94. The first-order valence-electron chi connectivity index (χ1n) is 9.49. The van der Waals surface area contributed by atoms with Gasteiger partial charge in [0.05, 0.1) is 12.3 Å². The third-order valence-corrected chi connectivity index (χ3v) is 5.24. The van der Waals surface area contributed by atoms with Crippen LogP contribution in [0.4, 0.5) is 5.69 Å². The summed E-state index contributed by atoms with van der Waals surface area (Å²) in [5.74, 6) is 1.01. The molecule has 27 heavy (non-hydrogen) atoms. The van der Waals surface area contributed by atoms with E-state index in [-0.39, 0.29) is 5.91 Å². The Morgan fingerprint density at radius 1 is 1.00 bits per heavy atom. The highest BCUT2D eigenvalue weighted by Gasteiger charge is 2.25. The average Bonchev–Trinajstić information content (AvgIpc) is 3.05. The first-order chi connectivity index (χ1) is 13.2. The van der Waals surface area contributed by atoms with Crippen LogP contribution in [0.15, 0.2) is 54.6 Å². The number of carbonyl (C=O) groups excluding carboxylic acids is 1. The molecule has 2 heterocycles. The Balaban J connectivity index is 1.49. The summed E-state index contributed by atoms with van der Waals surface area (Å²) in [5, 5.41) is 1.10. The highest BCUT2D eigenvalue weighted by molar-refractivity contribution is 5.98. The maximum atomic E-state index is 13.1. The van der Waals surface area contributed by atoms with E-state index in [9.17, 15) is 4.79 Å². The van der Waals surface area contributed by atoms with Crippen molar-refractivity contribution in [2.24, 2.45) is 7.05 Å². The normalized spacial score (nSPS) is 14.6. The second kappa shape index (κ2) is 7.35. The summed E-state index contributed by atoms with van der Waals surface area (Å²) in [4.78, 5) is 17.3. The van der Waals surface area contributed by atoms with Crippen LogP contribution in [0.25, 0.3) is 10.9 Å². The van der Waals surface area contributed by atoms with Crippen molar-refractivity contribution in [3.63, 3.8) is 0 Å². The van der Waals surface area contributed by atoms with Gasteiger partial charge >= 0.3 is 0 Å². The van der Waals surface area contributed by atoms with Crippen LogP contribution in [0.1, 0.15) is 17.4 Å². The number of fused-ring (bicyclic) bond motifs is 1. The molecule has 0 atom stereocenters. The van der Waals surface area contributed by atoms with Crippen LogP contribution in [0, 0.1) is 0 Å². The Morgan fingerprint density at radius 2 is 1.70 bits per heavy atom. The molecule has 0 N–H and O–H groups in total. The lowest BCUT2D eigenvalue weighted by Gasteiger charge is -2.36. The predicted molar refractivity (Wildman–Crippen MR) is 109 cm³/mol. The van der Waals surface area contributed by atoms with Crippen LogP contribution in [0.2, 0.25) is 0 Å². The van der Waals surface area contributed by atoms with E-state index in [1.165, 1.54) is 0 Å². The Kier molecular flexibility index (Phi) is 4.75. The first kappa shape index (κ1) is 17.5. The van der Waals surface area contributed by atoms with Crippen molar-refractivity contribution in [3.8, 4) is 5.75 Å². The first-order valence-corrected chi connectivity index (χ1v) is 9.49. The van der Waals surface area contributed by atoms with E-state index in [1.807, 2.05) is 59.8 Å². The summed E-state index contributed by atoms with van der Waals surface area (Å²) in [6.45, 7) is 5.68. The number of amides is 1. The molecule has 1 fully saturated rings. The summed E-state index contributed by atoms with van der Waals surface area (Å²) < 4.78 is 7.75. The number of nitrogens with zero attached hydrogens (tertiary/aromatic N) is 3. The Hall–Kier alpha value is -2.95. The zero-order chi connectivity index (χ0) is 18.8. The fraction of sp³-hybridized carbons (Fsp3) is 0.318. The van der Waals surface area contributed by atoms with Gasteiger partial charge in [-0.15, -0.1) is 0 Å². The van der Waals surface area contributed by atoms with Gasteiger partial charge in [0, 0.05) is 44.1 Å². The number of piperazine rings is 1. The molecule has 1 aliphatic rings. The molecule has 0 saturated carbocycles. The van der Waals surface area contributed by atoms with Crippen molar-refractivity contribution in [1.29, 1.82) is 0 Å². The Labute approximate surface area is 159 Å². The molecule has 0 aliphatic carbocycles. The maximum absolute atomic E-state index is 13.1. The van der Waals surface area contributed by atoms with E-state index < -0.39 is 0 Å². The van der Waals surface area contributed by atoms with Gasteiger partial charge in [0.15, 0.2) is 0 Å². The number of rotatable bonds is 4. The topological polar surface area (TPSA) is 37.7 Å². The molecule has 1 aliphatic heterocycles. The number of hydrogen-bond acceptors (Lipinski definition) is 3. The van der Waals surface area contributed by atoms with Gasteiger partial charge < -0.3 is 19.1 Å². The molecule has 5 nitrogen and oxygen atoms in total. The summed E-state index contributed by atoms with van der Waals surface area (Å²) >= 11 is 0. The standard InChI is InChI=1S/C22H25N3O2/c1-3-27-21-11-7-6-10-19(21)24-12-14-25(15-13-24)22(26)20-16-17-8-4-5-9-18(17)23(20)2/h4-11,16H,3,12-15H2,1-2H3. The second-order valence-corrected chi connectivity index (χ2v) is 6.83. The smallest absolute Gasteiger partial charge is 0.270 e. The molecule has 4 rings (SSSR count). The third-order valence-electron chi connectivity index (χ3n) is 5.24. The molecule has 0 unspecified atom stereocenters. The maximum Gasteiger partial charge on any atom is 0.270 e. The lowest BCUT2D eigenvalue weighted by molar-refractivity contribution is 0.0737. The minimum atomic E-state index is 0.103. The van der Waals surface area contributed by atoms with Gasteiger partial charge in [-0.3, -0.25) is 4.79 Å². The highest BCUT2D eigenvalue weighted by atomic mass is 16.5. The van der Waals surface area contributed by atoms with Crippen molar-refractivity contribution in [2.45, 2.75) is 6.92 Å². The molecule has 5 heteroatoms. The Morgan fingerprint density at radius 3 is 2.44 bits per heavy atom. The Bertz CT molecular complexity index is 955. The van der Waals surface area contributed by atoms with Crippen LogP contribution >= 0.6 is 0 Å². The fourth-order valence-corrected chi connectivity index (χ4v) is 3.80. The molecular weight excluding hydrogens is 338 g/mol. The van der Waals surface area contributed by atoms with Crippen LogP contribution in [-0.4, -0.2) is 48.2 Å². The van der Waals surface area contributed by atoms with Gasteiger partial charge in [-0.2, -0.15) is 0 Å². The molecule has 0 spiro atoms. The number of carbonyl (C=O) groups is 1. The quantitative estimate of drug-likeness (QED) is 0.712. The number of ether oxygens (including phenoxy) is 1. The van der Waals surface area contributed by atoms with Gasteiger partial charge in [0.2, 0.25) is 0 Å². The largest absolute Gasteiger partial charge is 0.492 e. The lowest BCUT2D eigenvalue weighted by Crippen LogP contribution is -2.49. The van der Waals surface area contributed by atoms with Crippen LogP contribution in [0.3, 0.4) is 0 Å². The third kappa shape index (κ3) is 3.25. The molecule has 0 radical (unpaired) electrons. The van der Waals surface area contributed by atoms with E-state index in [4.69, 9.17) is 4.74 Å². The van der Waals surface area contributed by atoms with Crippen molar-refractivity contribution < 1.29 is 9.53 Å². The monoisotopic (exact) mass is 363 g/mol. The number of benzene rings is 2. The summed E-state index contributed by atoms with van der Waals surface area (Å²) in [7, 11) is 1.96. The number of aryl methyl sites for hydroxylation is 1. The van der Waals surface area contributed by atoms with Crippen LogP contribution < -0.4 is 9.64 Å².